The van der Waals surface area contributed by atoms with Crippen LogP contribution in [0.2, 0.25) is 0 Å². The molecule has 0 aromatic carbocycles. The van der Waals surface area contributed by atoms with Crippen LogP contribution in [0.3, 0.4) is 0 Å². The summed E-state index contributed by atoms with van der Waals surface area (Å²) in [6, 6.07) is 0. The molecule has 0 rings (SSSR count). The third-order valence-corrected chi connectivity index (χ3v) is 0. The van der Waals surface area contributed by atoms with Crippen LogP contribution in [0.5, 0.6) is 0 Å². The van der Waals surface area contributed by atoms with Gasteiger partial charge in [-0.1, -0.05) is 0 Å². The molecular weight excluding hydrogens is 460 g/mol. The SMILES string of the molecule is O=P([O-])(O)O.O=P([O-])(O)O.O=P([O-])(O)O.O=P([O-])(O)O.[Ca+2].[Ca+2]. The van der Waals surface area contributed by atoms with Crippen molar-refractivity contribution in [1.82, 2.24) is 0 Å². The van der Waals surface area contributed by atoms with Crippen molar-refractivity contribution in [3.8, 4) is 0 Å². The Bertz CT molecular complexity index is 289. The molecule has 0 aliphatic rings. The Morgan fingerprint density at radius 3 is 0.409 bits per heavy atom. The van der Waals surface area contributed by atoms with E-state index in [2.05, 4.69) is 0 Å². The number of hydrogen-bond acceptors (Lipinski definition) is 8. The summed E-state index contributed by atoms with van der Waals surface area (Å²) in [6.07, 6.45) is 0. The Kier molecular flexibility index (Phi) is 31.5. The van der Waals surface area contributed by atoms with Gasteiger partial charge in [-0.2, -0.15) is 0 Å². The predicted molar refractivity (Wildman–Crippen MR) is 59.7 cm³/mol. The van der Waals surface area contributed by atoms with E-state index in [9.17, 15) is 0 Å². The van der Waals surface area contributed by atoms with Gasteiger partial charge in [0, 0.05) is 0 Å². The quantitative estimate of drug-likeness (QED) is 0.121. The minimum absolute atomic E-state index is 0. The van der Waals surface area contributed by atoms with Crippen LogP contribution in [0.4, 0.5) is 0 Å². The largest absolute Gasteiger partial charge is 2.00 e. The maximum Gasteiger partial charge on any atom is 2.00 e. The molecule has 0 bridgehead atoms. The van der Waals surface area contributed by atoms with E-state index >= 15 is 0 Å². The van der Waals surface area contributed by atoms with Gasteiger partial charge in [0.15, 0.2) is 0 Å². The fraction of sp³-hybridized carbons (Fsp3) is 0. The first-order chi connectivity index (χ1) is 8.00. The van der Waals surface area contributed by atoms with Gasteiger partial charge in [-0.05, 0) is 0 Å². The molecule has 128 valence electrons. The van der Waals surface area contributed by atoms with Crippen LogP contribution in [0.25, 0.3) is 0 Å². The van der Waals surface area contributed by atoms with Gasteiger partial charge in [0.2, 0.25) is 0 Å². The molecule has 16 nitrogen and oxygen atoms in total. The van der Waals surface area contributed by atoms with Crippen molar-refractivity contribution in [1.29, 1.82) is 0 Å². The van der Waals surface area contributed by atoms with Gasteiger partial charge in [-0.15, -0.1) is 0 Å². The average Bonchev–Trinajstić information content (AvgIpc) is 1.62. The van der Waals surface area contributed by atoms with Crippen LogP contribution in [-0.2, 0) is 18.3 Å². The summed E-state index contributed by atoms with van der Waals surface area (Å²) in [5, 5.41) is 0. The number of hydrogen-bond donors (Lipinski definition) is 8. The summed E-state index contributed by atoms with van der Waals surface area (Å²) in [7, 11) is -19.6. The zero-order chi connectivity index (χ0) is 18.0. The maximum atomic E-state index is 8.77. The molecule has 0 amide bonds. The summed E-state index contributed by atoms with van der Waals surface area (Å²) in [6.45, 7) is 0. The van der Waals surface area contributed by atoms with E-state index < -0.39 is 31.3 Å². The molecule has 0 saturated heterocycles. The first-order valence-electron chi connectivity index (χ1n) is 3.06. The van der Waals surface area contributed by atoms with Crippen molar-refractivity contribution < 1.29 is 77.0 Å². The molecule has 0 unspecified atom stereocenters. The maximum absolute atomic E-state index is 8.77. The molecule has 0 atom stereocenters. The van der Waals surface area contributed by atoms with Gasteiger partial charge in [-0.25, -0.2) is 0 Å². The Hall–Kier alpha value is 2.96. The number of phosphoric acid groups is 4. The molecule has 0 heterocycles. The molecule has 0 aliphatic carbocycles. The molecule has 0 radical (unpaired) electrons. The first kappa shape index (κ1) is 39.9. The van der Waals surface area contributed by atoms with Gasteiger partial charge in [0.25, 0.3) is 31.3 Å². The standard InChI is InChI=1S/2Ca.4H3O4P/c;;4*1-5(2,3)4/h;;4*(H3,1,2,3,4)/q2*+2;;;;/p-4. The van der Waals surface area contributed by atoms with Gasteiger partial charge in [-0.3, -0.25) is 18.3 Å². The van der Waals surface area contributed by atoms with Crippen molar-refractivity contribution in [3.05, 3.63) is 0 Å². The summed E-state index contributed by atoms with van der Waals surface area (Å²) >= 11 is 0. The Labute approximate surface area is 181 Å². The minimum atomic E-state index is -4.89. The second-order valence-electron chi connectivity index (χ2n) is 1.96. The smallest absolute Gasteiger partial charge is 0.756 e. The first-order valence-corrected chi connectivity index (χ1v) is 9.18. The zero-order valence-corrected chi connectivity index (χ0v) is 18.0. The molecule has 0 saturated carbocycles. The summed E-state index contributed by atoms with van der Waals surface area (Å²) in [5.41, 5.74) is 0. The Morgan fingerprint density at radius 1 is 0.409 bits per heavy atom. The summed E-state index contributed by atoms with van der Waals surface area (Å²) in [5.74, 6) is 0. The van der Waals surface area contributed by atoms with Crippen LogP contribution in [0, 0.1) is 0 Å². The molecule has 0 aromatic rings. The molecule has 22 heteroatoms. The van der Waals surface area contributed by atoms with Crippen LogP contribution in [-0.4, -0.2) is 115 Å². The monoisotopic (exact) mass is 468 g/mol. The molecule has 8 N–H and O–H groups in total. The van der Waals surface area contributed by atoms with Crippen molar-refractivity contribution in [2.45, 2.75) is 0 Å². The minimum Gasteiger partial charge on any atom is -0.756 e. The van der Waals surface area contributed by atoms with E-state index in [0.717, 1.165) is 0 Å². The summed E-state index contributed by atoms with van der Waals surface area (Å²) in [4.78, 5) is 91.7. The Balaban J connectivity index is -0.0000000376. The zero-order valence-electron chi connectivity index (χ0n) is 10.0. The van der Waals surface area contributed by atoms with E-state index in [1.165, 1.54) is 0 Å². The van der Waals surface area contributed by atoms with Crippen molar-refractivity contribution in [2.75, 3.05) is 0 Å². The van der Waals surface area contributed by atoms with E-state index in [4.69, 9.17) is 77.0 Å². The third kappa shape index (κ3) is 1260. The molecule has 0 aliphatic heterocycles. The molecule has 0 aromatic heterocycles. The van der Waals surface area contributed by atoms with Gasteiger partial charge < -0.3 is 58.7 Å². The van der Waals surface area contributed by atoms with Crippen LogP contribution in [0.1, 0.15) is 0 Å². The second-order valence-corrected chi connectivity index (χ2v) is 5.89. The van der Waals surface area contributed by atoms with E-state index in [1.807, 2.05) is 0 Å². The predicted octanol–water partition coefficient (Wildman–Crippen LogP) is -7.00. The normalized spacial score (nSPS) is 10.7. The van der Waals surface area contributed by atoms with Gasteiger partial charge >= 0.3 is 75.5 Å². The van der Waals surface area contributed by atoms with Crippen LogP contribution >= 0.6 is 31.3 Å². The van der Waals surface area contributed by atoms with Crippen molar-refractivity contribution >= 4 is 107 Å². The third-order valence-electron chi connectivity index (χ3n) is 0. The second kappa shape index (κ2) is 17.4. The van der Waals surface area contributed by atoms with E-state index in [0.29, 0.717) is 0 Å². The fourth-order valence-corrected chi connectivity index (χ4v) is 0. The average molecular weight is 468 g/mol. The van der Waals surface area contributed by atoms with Gasteiger partial charge in [0.1, 0.15) is 0 Å². The van der Waals surface area contributed by atoms with Crippen molar-refractivity contribution in [2.24, 2.45) is 0 Å². The molecular formula is H8Ca2O16P4. The van der Waals surface area contributed by atoms with E-state index in [-0.39, 0.29) is 75.5 Å². The molecule has 0 spiro atoms. The van der Waals surface area contributed by atoms with Crippen LogP contribution in [0.15, 0.2) is 0 Å². The molecule has 22 heavy (non-hydrogen) atoms. The van der Waals surface area contributed by atoms with Crippen molar-refractivity contribution in [3.63, 3.8) is 0 Å². The Morgan fingerprint density at radius 2 is 0.409 bits per heavy atom. The summed E-state index contributed by atoms with van der Waals surface area (Å²) < 4.78 is 35.1. The molecule has 0 fully saturated rings. The number of rotatable bonds is 0. The van der Waals surface area contributed by atoms with Crippen LogP contribution < -0.4 is 19.6 Å². The van der Waals surface area contributed by atoms with E-state index in [1.54, 1.807) is 0 Å². The topological polar surface area (TPSA) is 322 Å². The van der Waals surface area contributed by atoms with Gasteiger partial charge in [0.05, 0.1) is 0 Å². The fourth-order valence-electron chi connectivity index (χ4n) is 0.